The number of ketones is 1. The number of carbonyl (C=O) groups excluding carboxylic acids is 1. The molecule has 0 atom stereocenters. The van der Waals surface area contributed by atoms with Crippen molar-refractivity contribution in [3.63, 3.8) is 0 Å². The van der Waals surface area contributed by atoms with E-state index >= 15 is 0 Å². The van der Waals surface area contributed by atoms with Gasteiger partial charge in [-0.05, 0) is 12.8 Å². The molecule has 0 aromatic heterocycles. The van der Waals surface area contributed by atoms with Gasteiger partial charge in [-0.2, -0.15) is 0 Å². The van der Waals surface area contributed by atoms with E-state index in [1.165, 1.54) is 19.3 Å². The van der Waals surface area contributed by atoms with Gasteiger partial charge in [0.05, 0.1) is 0 Å². The Morgan fingerprint density at radius 3 is 2.31 bits per heavy atom. The molecule has 2 nitrogen and oxygen atoms in total. The van der Waals surface area contributed by atoms with Crippen LogP contribution in [0.5, 0.6) is 0 Å². The van der Waals surface area contributed by atoms with Crippen molar-refractivity contribution in [1.82, 2.24) is 0 Å². The van der Waals surface area contributed by atoms with E-state index in [2.05, 4.69) is 0 Å². The smallest absolute Gasteiger partial charge is 0.137 e. The van der Waals surface area contributed by atoms with Crippen LogP contribution in [0.25, 0.3) is 0 Å². The first-order valence-electron chi connectivity index (χ1n) is 5.35. The maximum absolute atomic E-state index is 11.5. The van der Waals surface area contributed by atoms with Gasteiger partial charge in [0.2, 0.25) is 0 Å². The molecule has 0 unspecified atom stereocenters. The first-order chi connectivity index (χ1) is 6.03. The Morgan fingerprint density at radius 2 is 1.85 bits per heavy atom. The van der Waals surface area contributed by atoms with Crippen LogP contribution < -0.4 is 5.73 Å². The van der Waals surface area contributed by atoms with E-state index in [-0.39, 0.29) is 11.5 Å². The van der Waals surface area contributed by atoms with E-state index in [0.717, 1.165) is 12.8 Å². The van der Waals surface area contributed by atoms with Gasteiger partial charge < -0.3 is 5.73 Å². The highest BCUT2D eigenvalue weighted by Crippen LogP contribution is 2.29. The Hall–Kier alpha value is -0.370. The van der Waals surface area contributed by atoms with Gasteiger partial charge in [-0.3, -0.25) is 4.79 Å². The maximum Gasteiger partial charge on any atom is 0.137 e. The van der Waals surface area contributed by atoms with Crippen LogP contribution in [0.4, 0.5) is 0 Å². The fourth-order valence-electron chi connectivity index (χ4n) is 1.98. The summed E-state index contributed by atoms with van der Waals surface area (Å²) in [5.41, 5.74) is 6.01. The SMILES string of the molecule is CC(C)C(=O)CC1(N)CCCCC1. The molecule has 0 aromatic rings. The molecule has 0 radical (unpaired) electrons. The highest BCUT2D eigenvalue weighted by molar-refractivity contribution is 5.81. The van der Waals surface area contributed by atoms with Gasteiger partial charge >= 0.3 is 0 Å². The van der Waals surface area contributed by atoms with Crippen molar-refractivity contribution >= 4 is 5.78 Å². The third-order valence-electron chi connectivity index (χ3n) is 3.02. The highest BCUT2D eigenvalue weighted by Gasteiger charge is 2.30. The average molecular weight is 183 g/mol. The lowest BCUT2D eigenvalue weighted by Gasteiger charge is -2.33. The van der Waals surface area contributed by atoms with Crippen molar-refractivity contribution in [3.8, 4) is 0 Å². The standard InChI is InChI=1S/C11H21NO/c1-9(2)10(13)8-11(12)6-4-3-5-7-11/h9H,3-8,12H2,1-2H3. The second-order valence-electron chi connectivity index (χ2n) is 4.72. The maximum atomic E-state index is 11.5. The molecule has 1 aliphatic carbocycles. The van der Waals surface area contributed by atoms with Gasteiger partial charge in [0, 0.05) is 17.9 Å². The van der Waals surface area contributed by atoms with Crippen LogP contribution in [-0.2, 0) is 4.79 Å². The van der Waals surface area contributed by atoms with Crippen molar-refractivity contribution in [3.05, 3.63) is 0 Å². The fourth-order valence-corrected chi connectivity index (χ4v) is 1.98. The molecule has 0 aromatic carbocycles. The number of Topliss-reactive ketones (excluding diaryl/α,β-unsaturated/α-hetero) is 1. The second-order valence-corrected chi connectivity index (χ2v) is 4.72. The molecule has 13 heavy (non-hydrogen) atoms. The Morgan fingerprint density at radius 1 is 1.31 bits per heavy atom. The lowest BCUT2D eigenvalue weighted by molar-refractivity contribution is -0.123. The summed E-state index contributed by atoms with van der Waals surface area (Å²) in [4.78, 5) is 11.5. The van der Waals surface area contributed by atoms with E-state index in [9.17, 15) is 4.79 Å². The molecule has 2 N–H and O–H groups in total. The molecule has 0 saturated heterocycles. The Balaban J connectivity index is 2.45. The van der Waals surface area contributed by atoms with Crippen molar-refractivity contribution < 1.29 is 4.79 Å². The van der Waals surface area contributed by atoms with Crippen LogP contribution in [0, 0.1) is 5.92 Å². The van der Waals surface area contributed by atoms with Crippen molar-refractivity contribution in [2.75, 3.05) is 0 Å². The molecule has 0 bridgehead atoms. The Kier molecular flexibility index (Phi) is 3.48. The Labute approximate surface area is 80.9 Å². The van der Waals surface area contributed by atoms with Crippen LogP contribution in [0.2, 0.25) is 0 Å². The van der Waals surface area contributed by atoms with Gasteiger partial charge in [0.1, 0.15) is 5.78 Å². The summed E-state index contributed by atoms with van der Waals surface area (Å²) in [6.45, 7) is 3.91. The summed E-state index contributed by atoms with van der Waals surface area (Å²) in [6, 6.07) is 0. The fraction of sp³-hybridized carbons (Fsp3) is 0.909. The lowest BCUT2D eigenvalue weighted by Crippen LogP contribution is -2.44. The minimum absolute atomic E-state index is 0.141. The molecule has 0 amide bonds. The van der Waals surface area contributed by atoms with E-state index in [1.807, 2.05) is 13.8 Å². The number of hydrogen-bond acceptors (Lipinski definition) is 2. The molecule has 0 aliphatic heterocycles. The predicted molar refractivity (Wildman–Crippen MR) is 54.5 cm³/mol. The summed E-state index contributed by atoms with van der Waals surface area (Å²) in [6.07, 6.45) is 6.33. The zero-order valence-corrected chi connectivity index (χ0v) is 8.81. The second kappa shape index (κ2) is 4.23. The average Bonchev–Trinajstić information content (AvgIpc) is 2.04. The topological polar surface area (TPSA) is 43.1 Å². The van der Waals surface area contributed by atoms with Gasteiger partial charge in [-0.25, -0.2) is 0 Å². The van der Waals surface area contributed by atoms with Gasteiger partial charge in [-0.1, -0.05) is 33.1 Å². The summed E-state index contributed by atoms with van der Waals surface area (Å²) in [7, 11) is 0. The van der Waals surface area contributed by atoms with E-state index < -0.39 is 0 Å². The molecule has 1 saturated carbocycles. The third-order valence-corrected chi connectivity index (χ3v) is 3.02. The molecular weight excluding hydrogens is 162 g/mol. The third kappa shape index (κ3) is 3.11. The van der Waals surface area contributed by atoms with Crippen molar-refractivity contribution in [2.45, 2.75) is 57.9 Å². The van der Waals surface area contributed by atoms with Crippen LogP contribution in [-0.4, -0.2) is 11.3 Å². The molecule has 0 heterocycles. The molecule has 76 valence electrons. The molecule has 1 aliphatic rings. The highest BCUT2D eigenvalue weighted by atomic mass is 16.1. The monoisotopic (exact) mass is 183 g/mol. The number of rotatable bonds is 3. The first kappa shape index (κ1) is 10.7. The summed E-state index contributed by atoms with van der Waals surface area (Å²) >= 11 is 0. The van der Waals surface area contributed by atoms with E-state index in [4.69, 9.17) is 5.73 Å². The Bertz CT molecular complexity index is 181. The minimum atomic E-state index is -0.167. The zero-order chi connectivity index (χ0) is 9.90. The van der Waals surface area contributed by atoms with Gasteiger partial charge in [0.15, 0.2) is 0 Å². The lowest BCUT2D eigenvalue weighted by atomic mass is 9.78. The van der Waals surface area contributed by atoms with Crippen LogP contribution >= 0.6 is 0 Å². The summed E-state index contributed by atoms with van der Waals surface area (Å²) in [5, 5.41) is 0. The molecule has 1 rings (SSSR count). The quantitative estimate of drug-likeness (QED) is 0.729. The molecule has 1 fully saturated rings. The largest absolute Gasteiger partial charge is 0.325 e. The number of carbonyl (C=O) groups is 1. The number of hydrogen-bond donors (Lipinski definition) is 1. The summed E-state index contributed by atoms with van der Waals surface area (Å²) in [5.74, 6) is 0.465. The van der Waals surface area contributed by atoms with Crippen molar-refractivity contribution in [2.24, 2.45) is 11.7 Å². The van der Waals surface area contributed by atoms with E-state index in [1.54, 1.807) is 0 Å². The zero-order valence-electron chi connectivity index (χ0n) is 8.81. The summed E-state index contributed by atoms with van der Waals surface area (Å²) < 4.78 is 0. The molecular formula is C11H21NO. The number of nitrogens with two attached hydrogens (primary N) is 1. The predicted octanol–water partition coefficient (Wildman–Crippen LogP) is 2.26. The van der Waals surface area contributed by atoms with Gasteiger partial charge in [0.25, 0.3) is 0 Å². The molecule has 2 heteroatoms. The first-order valence-corrected chi connectivity index (χ1v) is 5.35. The van der Waals surface area contributed by atoms with Crippen LogP contribution in [0.1, 0.15) is 52.4 Å². The normalized spacial score (nSPS) is 21.8. The van der Waals surface area contributed by atoms with Crippen LogP contribution in [0.3, 0.4) is 0 Å². The van der Waals surface area contributed by atoms with Crippen LogP contribution in [0.15, 0.2) is 0 Å². The van der Waals surface area contributed by atoms with Gasteiger partial charge in [-0.15, -0.1) is 0 Å². The molecule has 0 spiro atoms. The van der Waals surface area contributed by atoms with E-state index in [0.29, 0.717) is 12.2 Å². The van der Waals surface area contributed by atoms with Crippen molar-refractivity contribution in [1.29, 1.82) is 0 Å². The minimum Gasteiger partial charge on any atom is -0.325 e.